The average Bonchev–Trinajstić information content (AvgIpc) is 2.27. The summed E-state index contributed by atoms with van der Waals surface area (Å²) in [5.41, 5.74) is 2.45. The fourth-order valence-electron chi connectivity index (χ4n) is 2.15. The summed E-state index contributed by atoms with van der Waals surface area (Å²) < 4.78 is 23.0. The first kappa shape index (κ1) is 12.6. The highest BCUT2D eigenvalue weighted by Crippen LogP contribution is 2.12. The molecule has 1 atom stereocenters. The van der Waals surface area contributed by atoms with Gasteiger partial charge < -0.3 is 5.32 Å². The molecule has 0 radical (unpaired) electrons. The fraction of sp³-hybridized carbons (Fsp3) is 0.538. The summed E-state index contributed by atoms with van der Waals surface area (Å²) in [4.78, 5) is 0. The predicted octanol–water partition coefficient (Wildman–Crippen LogP) is 1.66. The smallest absolute Gasteiger partial charge is 0.151 e. The van der Waals surface area contributed by atoms with Crippen LogP contribution in [0.3, 0.4) is 0 Å². The monoisotopic (exact) mass is 253 g/mol. The first-order valence-corrected chi connectivity index (χ1v) is 7.87. The Morgan fingerprint density at radius 1 is 1.29 bits per heavy atom. The standard InChI is InChI=1S/C13H19NO2S/c1-11-4-6-12(7-5-11)9-14-13-3-2-8-17(15,16)10-13/h4-7,13-14H,2-3,8-10H2,1H3. The molecule has 0 aromatic heterocycles. The van der Waals surface area contributed by atoms with Crippen molar-refractivity contribution in [3.63, 3.8) is 0 Å². The molecular weight excluding hydrogens is 234 g/mol. The van der Waals surface area contributed by atoms with Crippen LogP contribution in [0, 0.1) is 6.92 Å². The Kier molecular flexibility index (Phi) is 3.84. The number of aryl methyl sites for hydroxylation is 1. The van der Waals surface area contributed by atoms with Crippen LogP contribution in [0.1, 0.15) is 24.0 Å². The van der Waals surface area contributed by atoms with Gasteiger partial charge in [-0.05, 0) is 25.3 Å². The van der Waals surface area contributed by atoms with Crippen molar-refractivity contribution in [1.29, 1.82) is 0 Å². The highest BCUT2D eigenvalue weighted by atomic mass is 32.2. The largest absolute Gasteiger partial charge is 0.309 e. The summed E-state index contributed by atoms with van der Waals surface area (Å²) in [7, 11) is -2.81. The summed E-state index contributed by atoms with van der Waals surface area (Å²) >= 11 is 0. The number of benzene rings is 1. The first-order valence-electron chi connectivity index (χ1n) is 6.04. The van der Waals surface area contributed by atoms with Gasteiger partial charge in [0.15, 0.2) is 9.84 Å². The molecule has 2 rings (SSSR count). The third-order valence-corrected chi connectivity index (χ3v) is 5.00. The number of hydrogen-bond acceptors (Lipinski definition) is 3. The molecule has 1 aliphatic rings. The van der Waals surface area contributed by atoms with E-state index in [2.05, 4.69) is 36.5 Å². The maximum Gasteiger partial charge on any atom is 0.151 e. The van der Waals surface area contributed by atoms with E-state index in [9.17, 15) is 8.42 Å². The lowest BCUT2D eigenvalue weighted by Gasteiger charge is -2.23. The van der Waals surface area contributed by atoms with Gasteiger partial charge in [0.25, 0.3) is 0 Å². The van der Waals surface area contributed by atoms with Crippen LogP contribution in [0.4, 0.5) is 0 Å². The summed E-state index contributed by atoms with van der Waals surface area (Å²) in [5, 5.41) is 3.33. The van der Waals surface area contributed by atoms with E-state index in [0.717, 1.165) is 19.4 Å². The van der Waals surface area contributed by atoms with E-state index in [1.807, 2.05) is 0 Å². The summed E-state index contributed by atoms with van der Waals surface area (Å²) in [6, 6.07) is 8.44. The van der Waals surface area contributed by atoms with Gasteiger partial charge in [-0.3, -0.25) is 0 Å². The quantitative estimate of drug-likeness (QED) is 0.891. The number of rotatable bonds is 3. The Morgan fingerprint density at radius 2 is 2.00 bits per heavy atom. The van der Waals surface area contributed by atoms with Crippen LogP contribution in [0.2, 0.25) is 0 Å². The summed E-state index contributed by atoms with van der Waals surface area (Å²) in [6.07, 6.45) is 1.75. The lowest BCUT2D eigenvalue weighted by atomic mass is 10.1. The highest BCUT2D eigenvalue weighted by Gasteiger charge is 2.23. The van der Waals surface area contributed by atoms with Gasteiger partial charge in [0.1, 0.15) is 0 Å². The van der Waals surface area contributed by atoms with Gasteiger partial charge in [0.2, 0.25) is 0 Å². The molecule has 1 aliphatic heterocycles. The van der Waals surface area contributed by atoms with Crippen LogP contribution in [-0.2, 0) is 16.4 Å². The van der Waals surface area contributed by atoms with Gasteiger partial charge >= 0.3 is 0 Å². The fourth-order valence-corrected chi connectivity index (χ4v) is 3.82. The molecule has 0 bridgehead atoms. The zero-order chi connectivity index (χ0) is 12.3. The third-order valence-electron chi connectivity index (χ3n) is 3.18. The van der Waals surface area contributed by atoms with Crippen molar-refractivity contribution in [2.45, 2.75) is 32.4 Å². The molecule has 4 heteroatoms. The van der Waals surface area contributed by atoms with Gasteiger partial charge in [-0.2, -0.15) is 0 Å². The second-order valence-corrected chi connectivity index (χ2v) is 7.05. The van der Waals surface area contributed by atoms with Crippen LogP contribution in [-0.4, -0.2) is 26.0 Å². The number of hydrogen-bond donors (Lipinski definition) is 1. The molecule has 1 aromatic rings. The molecule has 1 saturated heterocycles. The normalized spacial score (nSPS) is 23.5. The lowest BCUT2D eigenvalue weighted by molar-refractivity contribution is 0.480. The summed E-state index contributed by atoms with van der Waals surface area (Å²) in [5.74, 6) is 0.647. The van der Waals surface area contributed by atoms with Gasteiger partial charge in [-0.1, -0.05) is 29.8 Å². The molecule has 0 spiro atoms. The van der Waals surface area contributed by atoms with Crippen LogP contribution < -0.4 is 5.32 Å². The Morgan fingerprint density at radius 3 is 2.65 bits per heavy atom. The van der Waals surface area contributed by atoms with Crippen molar-refractivity contribution in [2.75, 3.05) is 11.5 Å². The lowest BCUT2D eigenvalue weighted by Crippen LogP contribution is -2.39. The highest BCUT2D eigenvalue weighted by molar-refractivity contribution is 7.91. The zero-order valence-corrected chi connectivity index (χ0v) is 11.0. The second-order valence-electron chi connectivity index (χ2n) is 4.82. The maximum atomic E-state index is 11.5. The average molecular weight is 253 g/mol. The Labute approximate surface area is 103 Å². The summed E-state index contributed by atoms with van der Waals surface area (Å²) in [6.45, 7) is 2.81. The van der Waals surface area contributed by atoms with Crippen molar-refractivity contribution < 1.29 is 8.42 Å². The molecule has 0 aliphatic carbocycles. The van der Waals surface area contributed by atoms with E-state index in [-0.39, 0.29) is 6.04 Å². The molecule has 17 heavy (non-hydrogen) atoms. The second kappa shape index (κ2) is 5.19. The van der Waals surface area contributed by atoms with E-state index in [0.29, 0.717) is 11.5 Å². The van der Waals surface area contributed by atoms with E-state index in [1.54, 1.807) is 0 Å². The Bertz CT molecular complexity index is 465. The SMILES string of the molecule is Cc1ccc(CNC2CCCS(=O)(=O)C2)cc1. The van der Waals surface area contributed by atoms with Gasteiger partial charge in [0, 0.05) is 12.6 Å². The van der Waals surface area contributed by atoms with Crippen LogP contribution in [0.15, 0.2) is 24.3 Å². The van der Waals surface area contributed by atoms with Gasteiger partial charge in [-0.15, -0.1) is 0 Å². The van der Waals surface area contributed by atoms with E-state index < -0.39 is 9.84 Å². The molecule has 1 N–H and O–H groups in total. The van der Waals surface area contributed by atoms with E-state index >= 15 is 0 Å². The molecule has 0 saturated carbocycles. The van der Waals surface area contributed by atoms with Crippen LogP contribution in [0.25, 0.3) is 0 Å². The molecule has 1 heterocycles. The zero-order valence-electron chi connectivity index (χ0n) is 10.1. The van der Waals surface area contributed by atoms with Crippen LogP contribution >= 0.6 is 0 Å². The number of sulfone groups is 1. The van der Waals surface area contributed by atoms with Crippen molar-refractivity contribution in [2.24, 2.45) is 0 Å². The molecule has 94 valence electrons. The van der Waals surface area contributed by atoms with Gasteiger partial charge in [-0.25, -0.2) is 8.42 Å². The van der Waals surface area contributed by atoms with Crippen molar-refractivity contribution in [3.05, 3.63) is 35.4 Å². The van der Waals surface area contributed by atoms with Crippen molar-refractivity contribution >= 4 is 9.84 Å². The maximum absolute atomic E-state index is 11.5. The Balaban J connectivity index is 1.88. The first-order chi connectivity index (χ1) is 8.05. The molecular formula is C13H19NO2S. The van der Waals surface area contributed by atoms with Crippen molar-refractivity contribution in [1.82, 2.24) is 5.32 Å². The minimum Gasteiger partial charge on any atom is -0.309 e. The molecule has 1 aromatic carbocycles. The molecule has 1 unspecified atom stereocenters. The minimum atomic E-state index is -2.81. The van der Waals surface area contributed by atoms with Gasteiger partial charge in [0.05, 0.1) is 11.5 Å². The minimum absolute atomic E-state index is 0.120. The van der Waals surface area contributed by atoms with Crippen LogP contribution in [0.5, 0.6) is 0 Å². The molecule has 0 amide bonds. The van der Waals surface area contributed by atoms with E-state index in [4.69, 9.17) is 0 Å². The molecule has 1 fully saturated rings. The third kappa shape index (κ3) is 3.82. The molecule has 3 nitrogen and oxygen atoms in total. The van der Waals surface area contributed by atoms with Crippen molar-refractivity contribution in [3.8, 4) is 0 Å². The Hall–Kier alpha value is -0.870. The van der Waals surface area contributed by atoms with E-state index in [1.165, 1.54) is 11.1 Å². The number of nitrogens with one attached hydrogen (secondary N) is 1. The topological polar surface area (TPSA) is 46.2 Å². The predicted molar refractivity (Wildman–Crippen MR) is 69.7 cm³/mol.